The zero-order chi connectivity index (χ0) is 25.2. The average Bonchev–Trinajstić information content (AvgIpc) is 2.85. The third-order valence-corrected chi connectivity index (χ3v) is 7.01. The van der Waals surface area contributed by atoms with E-state index < -0.39 is 20.3 Å². The standard InChI is InChI=1S/C26H21N3O5S/c1-17-10-12-19(13-11-17)35(31,32)20(16-27)15-21-25(34-23-9-5-4-8-22(23)33-3)28-24-18(2)7-6-14-29(24)26(21)30/h4-15H,1-3H3/b20-15+. The van der Waals surface area contributed by atoms with E-state index in [1.165, 1.54) is 29.8 Å². The number of fused-ring (bicyclic) bond motifs is 1. The monoisotopic (exact) mass is 487 g/mol. The lowest BCUT2D eigenvalue weighted by molar-refractivity contribution is 0.373. The Morgan fingerprint density at radius 2 is 1.71 bits per heavy atom. The molecule has 9 heteroatoms. The molecule has 0 aliphatic rings. The molecule has 0 N–H and O–H groups in total. The predicted octanol–water partition coefficient (Wildman–Crippen LogP) is 4.45. The highest BCUT2D eigenvalue weighted by atomic mass is 32.2. The number of nitrogens with zero attached hydrogens (tertiary/aromatic N) is 3. The predicted molar refractivity (Wildman–Crippen MR) is 131 cm³/mol. The molecule has 0 spiro atoms. The van der Waals surface area contributed by atoms with Crippen LogP contribution in [0.4, 0.5) is 0 Å². The Morgan fingerprint density at radius 3 is 2.37 bits per heavy atom. The molecule has 0 aliphatic carbocycles. The second-order valence-corrected chi connectivity index (χ2v) is 9.63. The highest BCUT2D eigenvalue weighted by Crippen LogP contribution is 2.32. The number of para-hydroxylation sites is 2. The minimum atomic E-state index is -4.20. The van der Waals surface area contributed by atoms with Crippen molar-refractivity contribution >= 4 is 21.6 Å². The molecule has 0 bridgehead atoms. The molecule has 4 rings (SSSR count). The van der Waals surface area contributed by atoms with E-state index in [0.29, 0.717) is 17.0 Å². The molecular formula is C26H21N3O5S. The lowest BCUT2D eigenvalue weighted by Crippen LogP contribution is -2.20. The quantitative estimate of drug-likeness (QED) is 0.370. The summed E-state index contributed by atoms with van der Waals surface area (Å²) in [4.78, 5) is 17.3. The molecule has 0 aliphatic heterocycles. The second-order valence-electron chi connectivity index (χ2n) is 7.71. The molecule has 8 nitrogen and oxygen atoms in total. The van der Waals surface area contributed by atoms with Crippen molar-refractivity contribution in [3.05, 3.63) is 98.8 Å². The first-order chi connectivity index (χ1) is 16.8. The zero-order valence-corrected chi connectivity index (χ0v) is 20.0. The van der Waals surface area contributed by atoms with E-state index in [4.69, 9.17) is 9.47 Å². The maximum absolute atomic E-state index is 13.5. The number of rotatable bonds is 6. The van der Waals surface area contributed by atoms with Crippen LogP contribution in [-0.2, 0) is 9.84 Å². The third kappa shape index (κ3) is 4.52. The summed E-state index contributed by atoms with van der Waals surface area (Å²) in [6, 6.07) is 18.0. The SMILES string of the molecule is COc1ccccc1Oc1nc2c(C)cccn2c(=O)c1/C=C(\C#N)S(=O)(=O)c1ccc(C)cc1. The number of benzene rings is 2. The van der Waals surface area contributed by atoms with Crippen LogP contribution in [0.1, 0.15) is 16.7 Å². The van der Waals surface area contributed by atoms with E-state index in [1.807, 2.05) is 6.92 Å². The molecule has 2 heterocycles. The summed E-state index contributed by atoms with van der Waals surface area (Å²) in [5, 5.41) is 9.76. The van der Waals surface area contributed by atoms with Gasteiger partial charge in [-0.3, -0.25) is 9.20 Å². The fourth-order valence-electron chi connectivity index (χ4n) is 3.45. The minimum absolute atomic E-state index is 0.0622. The van der Waals surface area contributed by atoms with Crippen molar-refractivity contribution in [2.75, 3.05) is 7.11 Å². The number of sulfone groups is 1. The number of allylic oxidation sites excluding steroid dienone is 1. The van der Waals surface area contributed by atoms with Gasteiger partial charge in [-0.05, 0) is 55.8 Å². The maximum atomic E-state index is 13.5. The lowest BCUT2D eigenvalue weighted by Gasteiger charge is -2.13. The number of aryl methyl sites for hydroxylation is 2. The fraction of sp³-hybridized carbons (Fsp3) is 0.115. The Hall–Kier alpha value is -4.42. The number of pyridine rings is 1. The molecule has 0 atom stereocenters. The van der Waals surface area contributed by atoms with Crippen LogP contribution in [0.25, 0.3) is 11.7 Å². The summed E-state index contributed by atoms with van der Waals surface area (Å²) >= 11 is 0. The molecule has 0 fully saturated rings. The van der Waals surface area contributed by atoms with Crippen molar-refractivity contribution in [3.8, 4) is 23.4 Å². The summed E-state index contributed by atoms with van der Waals surface area (Å²) in [6.07, 6.45) is 2.52. The molecule has 4 aromatic rings. The summed E-state index contributed by atoms with van der Waals surface area (Å²) in [5.74, 6) is 0.511. The molecule has 0 saturated heterocycles. The van der Waals surface area contributed by atoms with Crippen molar-refractivity contribution in [2.24, 2.45) is 0 Å². The second kappa shape index (κ2) is 9.44. The summed E-state index contributed by atoms with van der Waals surface area (Å²) in [5.41, 5.74) is 1.13. The number of aromatic nitrogens is 2. The first kappa shape index (κ1) is 23.7. The Kier molecular flexibility index (Phi) is 6.40. The Morgan fingerprint density at radius 1 is 1.03 bits per heavy atom. The smallest absolute Gasteiger partial charge is 0.269 e. The van der Waals surface area contributed by atoms with Crippen LogP contribution in [-0.4, -0.2) is 24.9 Å². The van der Waals surface area contributed by atoms with Crippen molar-refractivity contribution in [2.45, 2.75) is 18.7 Å². The van der Waals surface area contributed by atoms with Gasteiger partial charge < -0.3 is 9.47 Å². The highest BCUT2D eigenvalue weighted by molar-refractivity contribution is 7.95. The average molecular weight is 488 g/mol. The van der Waals surface area contributed by atoms with Crippen molar-refractivity contribution in [1.82, 2.24) is 9.38 Å². The summed E-state index contributed by atoms with van der Waals surface area (Å²) in [7, 11) is -2.73. The van der Waals surface area contributed by atoms with Crippen LogP contribution < -0.4 is 15.0 Å². The van der Waals surface area contributed by atoms with Gasteiger partial charge in [-0.2, -0.15) is 10.2 Å². The van der Waals surface area contributed by atoms with E-state index in [9.17, 15) is 18.5 Å². The van der Waals surface area contributed by atoms with E-state index in [2.05, 4.69) is 4.98 Å². The topological polar surface area (TPSA) is 111 Å². The van der Waals surface area contributed by atoms with Crippen LogP contribution in [0.2, 0.25) is 0 Å². The minimum Gasteiger partial charge on any atom is -0.493 e. The van der Waals surface area contributed by atoms with E-state index in [0.717, 1.165) is 11.6 Å². The van der Waals surface area contributed by atoms with Gasteiger partial charge in [-0.25, -0.2) is 8.42 Å². The lowest BCUT2D eigenvalue weighted by atomic mass is 10.2. The number of ether oxygens (including phenoxy) is 2. The van der Waals surface area contributed by atoms with Crippen molar-refractivity contribution in [1.29, 1.82) is 5.26 Å². The molecule has 2 aromatic heterocycles. The normalized spacial score (nSPS) is 11.8. The van der Waals surface area contributed by atoms with Gasteiger partial charge in [-0.15, -0.1) is 0 Å². The van der Waals surface area contributed by atoms with Gasteiger partial charge in [-0.1, -0.05) is 35.9 Å². The Balaban J connectivity index is 1.98. The first-order valence-electron chi connectivity index (χ1n) is 10.5. The van der Waals surface area contributed by atoms with Gasteiger partial charge in [0.05, 0.1) is 12.0 Å². The number of hydrogen-bond donors (Lipinski definition) is 0. The van der Waals surface area contributed by atoms with Gasteiger partial charge in [0.2, 0.25) is 15.7 Å². The summed E-state index contributed by atoms with van der Waals surface area (Å²) in [6.45, 7) is 3.61. The molecule has 176 valence electrons. The van der Waals surface area contributed by atoms with Gasteiger partial charge in [0.25, 0.3) is 5.56 Å². The van der Waals surface area contributed by atoms with Gasteiger partial charge in [0.1, 0.15) is 22.2 Å². The fourth-order valence-corrected chi connectivity index (χ4v) is 4.59. The number of nitriles is 1. The Bertz CT molecular complexity index is 1660. The van der Waals surface area contributed by atoms with Crippen LogP contribution in [0.5, 0.6) is 17.4 Å². The molecule has 0 saturated carbocycles. The van der Waals surface area contributed by atoms with E-state index in [-0.39, 0.29) is 22.1 Å². The van der Waals surface area contributed by atoms with Crippen LogP contribution in [0.3, 0.4) is 0 Å². The van der Waals surface area contributed by atoms with E-state index >= 15 is 0 Å². The number of hydrogen-bond acceptors (Lipinski definition) is 7. The zero-order valence-electron chi connectivity index (χ0n) is 19.2. The molecular weight excluding hydrogens is 466 g/mol. The van der Waals surface area contributed by atoms with Gasteiger partial charge in [0, 0.05) is 6.20 Å². The third-order valence-electron chi connectivity index (χ3n) is 5.33. The maximum Gasteiger partial charge on any atom is 0.269 e. The van der Waals surface area contributed by atoms with Crippen molar-refractivity contribution in [3.63, 3.8) is 0 Å². The number of methoxy groups -OCH3 is 1. The molecule has 2 aromatic carbocycles. The Labute approximate surface area is 202 Å². The highest BCUT2D eigenvalue weighted by Gasteiger charge is 2.24. The van der Waals surface area contributed by atoms with E-state index in [1.54, 1.807) is 61.5 Å². The molecule has 0 radical (unpaired) electrons. The van der Waals surface area contributed by atoms with Gasteiger partial charge in [0.15, 0.2) is 11.5 Å². The molecule has 35 heavy (non-hydrogen) atoms. The van der Waals surface area contributed by atoms with Crippen LogP contribution >= 0.6 is 0 Å². The first-order valence-corrected chi connectivity index (χ1v) is 12.0. The van der Waals surface area contributed by atoms with Crippen LogP contribution in [0, 0.1) is 25.2 Å². The largest absolute Gasteiger partial charge is 0.493 e. The van der Waals surface area contributed by atoms with Gasteiger partial charge >= 0.3 is 0 Å². The molecule has 0 unspecified atom stereocenters. The van der Waals surface area contributed by atoms with Crippen LogP contribution in [0.15, 0.2) is 81.5 Å². The van der Waals surface area contributed by atoms with Crippen molar-refractivity contribution < 1.29 is 17.9 Å². The summed E-state index contributed by atoms with van der Waals surface area (Å²) < 4.78 is 39.0. The molecule has 0 amide bonds.